The average Bonchev–Trinajstić information content (AvgIpc) is 3.17. The lowest BCUT2D eigenvalue weighted by Gasteiger charge is -2.25. The lowest BCUT2D eigenvalue weighted by atomic mass is 9.77. The molecule has 5 unspecified atom stereocenters. The molecule has 2 heterocycles. The predicted molar refractivity (Wildman–Crippen MR) is 99.4 cm³/mol. The Balaban J connectivity index is 1.78. The first-order valence-corrected chi connectivity index (χ1v) is 10.0. The highest BCUT2D eigenvalue weighted by Crippen LogP contribution is 2.45. The van der Waals surface area contributed by atoms with Crippen LogP contribution in [0.4, 0.5) is 0 Å². The molecular weight excluding hydrogens is 316 g/mol. The Morgan fingerprint density at radius 2 is 2.00 bits per heavy atom. The molecule has 0 spiro atoms. The second kappa shape index (κ2) is 10.8. The molecule has 25 heavy (non-hydrogen) atoms. The van der Waals surface area contributed by atoms with E-state index in [1.165, 1.54) is 12.8 Å². The molecule has 0 aromatic heterocycles. The lowest BCUT2D eigenvalue weighted by molar-refractivity contribution is -0.137. The van der Waals surface area contributed by atoms with Crippen LogP contribution in [-0.2, 0) is 9.53 Å². The number of carboxylic acids is 1. The van der Waals surface area contributed by atoms with E-state index in [0.717, 1.165) is 38.5 Å². The minimum absolute atomic E-state index is 0.239. The number of rotatable bonds is 12. The van der Waals surface area contributed by atoms with Gasteiger partial charge >= 0.3 is 5.97 Å². The van der Waals surface area contributed by atoms with Gasteiger partial charge in [-0.1, -0.05) is 50.5 Å². The smallest absolute Gasteiger partial charge is 0.303 e. The maximum atomic E-state index is 10.5. The van der Waals surface area contributed by atoms with Gasteiger partial charge in [0.2, 0.25) is 0 Å². The van der Waals surface area contributed by atoms with Crippen molar-refractivity contribution in [3.8, 4) is 0 Å². The molecule has 2 aliphatic rings. The molecule has 0 aromatic rings. The number of carbonyl (C=O) groups is 1. The number of hydrogen-bond donors (Lipinski definition) is 2. The van der Waals surface area contributed by atoms with E-state index in [9.17, 15) is 9.90 Å². The third-order valence-corrected chi connectivity index (χ3v) is 5.48. The molecule has 0 saturated carbocycles. The van der Waals surface area contributed by atoms with E-state index in [1.807, 2.05) is 6.08 Å². The summed E-state index contributed by atoms with van der Waals surface area (Å²) in [6, 6.07) is 0. The van der Waals surface area contributed by atoms with Gasteiger partial charge in [-0.05, 0) is 44.4 Å². The molecule has 2 N–H and O–H groups in total. The summed E-state index contributed by atoms with van der Waals surface area (Å²) in [5.41, 5.74) is 0. The first kappa shape index (κ1) is 20.2. The lowest BCUT2D eigenvalue weighted by Crippen LogP contribution is -2.25. The molecule has 142 valence electrons. The quantitative estimate of drug-likeness (QED) is 0.402. The van der Waals surface area contributed by atoms with E-state index < -0.39 is 5.97 Å². The van der Waals surface area contributed by atoms with Crippen molar-refractivity contribution >= 4 is 5.97 Å². The molecule has 0 radical (unpaired) electrons. The minimum Gasteiger partial charge on any atom is -0.481 e. The van der Waals surface area contributed by atoms with Crippen molar-refractivity contribution in [3.63, 3.8) is 0 Å². The molecule has 4 heteroatoms. The van der Waals surface area contributed by atoms with Crippen LogP contribution in [0.2, 0.25) is 0 Å². The third-order valence-electron chi connectivity index (χ3n) is 5.48. The number of fused-ring (bicyclic) bond motifs is 2. The Bertz CT molecular complexity index is 457. The van der Waals surface area contributed by atoms with E-state index in [1.54, 1.807) is 0 Å². The summed E-state index contributed by atoms with van der Waals surface area (Å²) in [6.45, 7) is 2.18. The van der Waals surface area contributed by atoms with Crippen molar-refractivity contribution in [1.29, 1.82) is 0 Å². The highest BCUT2D eigenvalue weighted by molar-refractivity contribution is 5.66. The zero-order chi connectivity index (χ0) is 18.1. The van der Waals surface area contributed by atoms with Gasteiger partial charge in [0.25, 0.3) is 0 Å². The maximum absolute atomic E-state index is 10.5. The fraction of sp³-hybridized carbons (Fsp3) is 0.762. The predicted octanol–water partition coefficient (Wildman–Crippen LogP) is 4.48. The number of unbranched alkanes of at least 4 members (excludes halogenated alkanes) is 3. The highest BCUT2D eigenvalue weighted by Gasteiger charge is 2.46. The number of hydrogen-bond acceptors (Lipinski definition) is 3. The van der Waals surface area contributed by atoms with Gasteiger partial charge in [-0.15, -0.1) is 0 Å². The number of aliphatic hydroxyl groups is 1. The van der Waals surface area contributed by atoms with E-state index in [2.05, 4.69) is 25.2 Å². The Kier molecular flexibility index (Phi) is 8.70. The maximum Gasteiger partial charge on any atom is 0.303 e. The summed E-state index contributed by atoms with van der Waals surface area (Å²) >= 11 is 0. The van der Waals surface area contributed by atoms with Crippen molar-refractivity contribution in [3.05, 3.63) is 24.3 Å². The fourth-order valence-electron chi connectivity index (χ4n) is 4.09. The van der Waals surface area contributed by atoms with E-state index in [0.29, 0.717) is 30.5 Å². The minimum atomic E-state index is -0.724. The molecule has 0 aliphatic carbocycles. The van der Waals surface area contributed by atoms with Crippen LogP contribution in [0.15, 0.2) is 24.3 Å². The summed E-state index contributed by atoms with van der Waals surface area (Å²) < 4.78 is 6.09. The second-order valence-corrected chi connectivity index (χ2v) is 7.47. The molecule has 4 nitrogen and oxygen atoms in total. The molecular formula is C21H34O4. The molecule has 2 bridgehead atoms. The number of aliphatic hydroxyl groups excluding tert-OH is 1. The first-order chi connectivity index (χ1) is 12.1. The second-order valence-electron chi connectivity index (χ2n) is 7.47. The summed E-state index contributed by atoms with van der Waals surface area (Å²) in [5.74, 6) is 0.175. The van der Waals surface area contributed by atoms with Gasteiger partial charge in [0.15, 0.2) is 0 Å². The fourth-order valence-corrected chi connectivity index (χ4v) is 4.09. The molecule has 5 atom stereocenters. The van der Waals surface area contributed by atoms with Crippen LogP contribution in [0.5, 0.6) is 0 Å². The number of allylic oxidation sites excluding steroid dienone is 2. The zero-order valence-corrected chi connectivity index (χ0v) is 15.5. The summed E-state index contributed by atoms with van der Waals surface area (Å²) in [5, 5.41) is 18.8. The number of ether oxygens (including phenoxy) is 1. The Morgan fingerprint density at radius 3 is 2.76 bits per heavy atom. The van der Waals surface area contributed by atoms with Gasteiger partial charge in [-0.2, -0.15) is 0 Å². The SMILES string of the molecule is CCCCCC(O)/C=C/C1C2CCC(O2)C1C/C=C/CCCC(=O)O. The first-order valence-electron chi connectivity index (χ1n) is 10.0. The van der Waals surface area contributed by atoms with Crippen molar-refractivity contribution in [2.45, 2.75) is 89.4 Å². The van der Waals surface area contributed by atoms with Gasteiger partial charge in [-0.25, -0.2) is 0 Å². The molecule has 2 fully saturated rings. The largest absolute Gasteiger partial charge is 0.481 e. The van der Waals surface area contributed by atoms with Crippen molar-refractivity contribution in [2.24, 2.45) is 11.8 Å². The van der Waals surface area contributed by atoms with Crippen LogP contribution in [-0.4, -0.2) is 34.5 Å². The number of carboxylic acid groups (broad SMARTS) is 1. The average molecular weight is 350 g/mol. The van der Waals surface area contributed by atoms with Gasteiger partial charge in [-0.3, -0.25) is 4.79 Å². The standard InChI is InChI=1S/C21H34O4/c1-2-3-6-9-16(22)12-13-18-17(19-14-15-20(18)25-19)10-7-4-5-8-11-21(23)24/h4,7,12-13,16-20,22H,2-3,5-6,8-11,14-15H2,1H3,(H,23,24)/b7-4+,13-12+. The molecule has 2 saturated heterocycles. The Labute approximate surface area is 152 Å². The van der Waals surface area contributed by atoms with Crippen molar-refractivity contribution in [1.82, 2.24) is 0 Å². The van der Waals surface area contributed by atoms with Crippen LogP contribution in [0.1, 0.15) is 71.1 Å². The summed E-state index contributed by atoms with van der Waals surface area (Å²) in [4.78, 5) is 10.5. The monoisotopic (exact) mass is 350 g/mol. The van der Waals surface area contributed by atoms with E-state index >= 15 is 0 Å². The molecule has 0 aromatic carbocycles. The van der Waals surface area contributed by atoms with Crippen molar-refractivity contribution in [2.75, 3.05) is 0 Å². The third kappa shape index (κ3) is 6.59. The van der Waals surface area contributed by atoms with Crippen molar-refractivity contribution < 1.29 is 19.7 Å². The van der Waals surface area contributed by atoms with Gasteiger partial charge < -0.3 is 14.9 Å². The highest BCUT2D eigenvalue weighted by atomic mass is 16.5. The van der Waals surface area contributed by atoms with Crippen LogP contribution in [0.3, 0.4) is 0 Å². The molecule has 2 rings (SSSR count). The normalized spacial score (nSPS) is 29.8. The van der Waals surface area contributed by atoms with Crippen LogP contribution < -0.4 is 0 Å². The van der Waals surface area contributed by atoms with Crippen LogP contribution in [0, 0.1) is 11.8 Å². The Morgan fingerprint density at radius 1 is 1.20 bits per heavy atom. The Hall–Kier alpha value is -1.13. The van der Waals surface area contributed by atoms with Crippen LogP contribution >= 0.6 is 0 Å². The van der Waals surface area contributed by atoms with Crippen LogP contribution in [0.25, 0.3) is 0 Å². The van der Waals surface area contributed by atoms with Gasteiger partial charge in [0.1, 0.15) is 0 Å². The summed E-state index contributed by atoms with van der Waals surface area (Å²) in [7, 11) is 0. The molecule has 0 amide bonds. The molecule has 2 aliphatic heterocycles. The zero-order valence-electron chi connectivity index (χ0n) is 15.5. The topological polar surface area (TPSA) is 66.8 Å². The number of aliphatic carboxylic acids is 1. The van der Waals surface area contributed by atoms with Gasteiger partial charge in [0.05, 0.1) is 18.3 Å². The summed E-state index contributed by atoms with van der Waals surface area (Å²) in [6.07, 6.45) is 18.1. The van der Waals surface area contributed by atoms with E-state index in [-0.39, 0.29) is 12.5 Å². The van der Waals surface area contributed by atoms with Gasteiger partial charge in [0, 0.05) is 12.3 Å². The van der Waals surface area contributed by atoms with E-state index in [4.69, 9.17) is 9.84 Å².